The van der Waals surface area contributed by atoms with Crippen molar-refractivity contribution >= 4 is 42.3 Å². The van der Waals surface area contributed by atoms with Gasteiger partial charge in [0.2, 0.25) is 0 Å². The summed E-state index contributed by atoms with van der Waals surface area (Å²) in [7, 11) is 0. The highest BCUT2D eigenvalue weighted by atomic mass is 32.1. The lowest BCUT2D eigenvalue weighted by Crippen LogP contribution is -2.01. The maximum absolute atomic E-state index is 5.11. The molecule has 0 bridgehead atoms. The Labute approximate surface area is 346 Å². The van der Waals surface area contributed by atoms with E-state index in [2.05, 4.69) is 170 Å². The molecule has 0 aliphatic carbocycles. The molecule has 0 unspecified atom stereocenters. The van der Waals surface area contributed by atoms with Gasteiger partial charge in [0.25, 0.3) is 0 Å². The highest BCUT2D eigenvalue weighted by Gasteiger charge is 2.17. The number of rotatable bonds is 7. The first-order valence-electron chi connectivity index (χ1n) is 19.9. The lowest BCUT2D eigenvalue weighted by Gasteiger charge is -2.14. The first-order valence-corrected chi connectivity index (χ1v) is 20.7. The normalized spacial score (nSPS) is 11.4. The minimum atomic E-state index is 0.635. The summed E-state index contributed by atoms with van der Waals surface area (Å²) in [6.45, 7) is 0. The molecular formula is C55H35N3S. The molecule has 0 aliphatic heterocycles. The van der Waals surface area contributed by atoms with Crippen molar-refractivity contribution in [1.82, 2.24) is 15.0 Å². The molecule has 0 fully saturated rings. The van der Waals surface area contributed by atoms with Crippen LogP contribution in [0.2, 0.25) is 0 Å². The summed E-state index contributed by atoms with van der Waals surface area (Å²) in [6, 6.07) is 75.2. The molecule has 3 nitrogen and oxygen atoms in total. The summed E-state index contributed by atoms with van der Waals surface area (Å²) < 4.78 is 2.66. The Bertz CT molecular complexity index is 3300. The lowest BCUT2D eigenvalue weighted by atomic mass is 9.91. The second-order valence-corrected chi connectivity index (χ2v) is 15.8. The fraction of sp³-hybridized carbons (Fsp3) is 0. The molecule has 4 heteroatoms. The van der Waals surface area contributed by atoms with Crippen molar-refractivity contribution in [2.24, 2.45) is 0 Å². The summed E-state index contributed by atoms with van der Waals surface area (Å²) in [5.41, 5.74) is 12.3. The van der Waals surface area contributed by atoms with Gasteiger partial charge in [-0.25, -0.2) is 15.0 Å². The van der Waals surface area contributed by atoms with Crippen LogP contribution in [0.1, 0.15) is 0 Å². The molecule has 0 aliphatic rings. The molecule has 11 aromatic rings. The Kier molecular flexibility index (Phi) is 8.68. The molecule has 11 rings (SSSR count). The first kappa shape index (κ1) is 34.7. The Morgan fingerprint density at radius 3 is 1.27 bits per heavy atom. The Balaban J connectivity index is 0.947. The largest absolute Gasteiger partial charge is 0.208 e. The number of hydrogen-bond acceptors (Lipinski definition) is 4. The van der Waals surface area contributed by atoms with Gasteiger partial charge in [-0.15, -0.1) is 11.3 Å². The van der Waals surface area contributed by atoms with Crippen molar-refractivity contribution in [1.29, 1.82) is 0 Å². The molecule has 2 heterocycles. The average Bonchev–Trinajstić information content (AvgIpc) is 3.71. The minimum Gasteiger partial charge on any atom is -0.208 e. The Hall–Kier alpha value is -7.53. The minimum absolute atomic E-state index is 0.635. The maximum atomic E-state index is 5.11. The number of fused-ring (bicyclic) bond motifs is 4. The van der Waals surface area contributed by atoms with E-state index in [1.54, 1.807) is 0 Å². The molecule has 0 radical (unpaired) electrons. The van der Waals surface area contributed by atoms with Crippen molar-refractivity contribution in [3.05, 3.63) is 212 Å². The van der Waals surface area contributed by atoms with E-state index in [0.29, 0.717) is 17.5 Å². The van der Waals surface area contributed by atoms with Crippen LogP contribution in [0.15, 0.2) is 212 Å². The molecule has 0 spiro atoms. The highest BCUT2D eigenvalue weighted by molar-refractivity contribution is 7.26. The quantitative estimate of drug-likeness (QED) is 0.162. The fourth-order valence-corrected chi connectivity index (χ4v) is 9.53. The molecule has 0 N–H and O–H groups in total. The topological polar surface area (TPSA) is 38.7 Å². The predicted octanol–water partition coefficient (Wildman–Crippen LogP) is 15.1. The molecule has 2 aromatic heterocycles. The van der Waals surface area contributed by atoms with E-state index in [1.807, 2.05) is 53.8 Å². The van der Waals surface area contributed by atoms with Crippen LogP contribution in [0.4, 0.5) is 0 Å². The van der Waals surface area contributed by atoms with Gasteiger partial charge >= 0.3 is 0 Å². The van der Waals surface area contributed by atoms with Gasteiger partial charge in [-0.1, -0.05) is 206 Å². The first-order chi connectivity index (χ1) is 29.2. The van der Waals surface area contributed by atoms with E-state index in [-0.39, 0.29) is 0 Å². The second kappa shape index (κ2) is 14.8. The van der Waals surface area contributed by atoms with Crippen LogP contribution in [0.5, 0.6) is 0 Å². The van der Waals surface area contributed by atoms with E-state index in [4.69, 9.17) is 15.0 Å². The number of aromatic nitrogens is 3. The number of nitrogens with zero attached hydrogens (tertiary/aromatic N) is 3. The molecule has 59 heavy (non-hydrogen) atoms. The van der Waals surface area contributed by atoms with Crippen LogP contribution in [-0.4, -0.2) is 15.0 Å². The predicted molar refractivity (Wildman–Crippen MR) is 248 cm³/mol. The molecule has 0 atom stereocenters. The molecule has 0 amide bonds. The number of benzene rings is 9. The smallest absolute Gasteiger partial charge is 0.164 e. The molecule has 9 aromatic carbocycles. The van der Waals surface area contributed by atoms with Crippen molar-refractivity contribution in [3.8, 4) is 78.7 Å². The highest BCUT2D eigenvalue weighted by Crippen LogP contribution is 2.41. The standard InChI is InChI=1S/C55H35N3S/c1-3-14-36(15-4-1)42-18-7-10-22-50(42)55-57-53(40-16-5-2-6-17-40)56-54(58-55)41-32-30-38(31-33-41)44-35-34-43(46-19-8-9-20-47(44)46)37-26-28-39(29-27-37)45-23-13-24-49-48-21-11-12-25-51(48)59-52(45)49/h1-35H. The van der Waals surface area contributed by atoms with Gasteiger partial charge in [-0.05, 0) is 61.3 Å². The molecule has 0 saturated carbocycles. The van der Waals surface area contributed by atoms with Crippen molar-refractivity contribution in [2.45, 2.75) is 0 Å². The van der Waals surface area contributed by atoms with Crippen LogP contribution >= 0.6 is 11.3 Å². The van der Waals surface area contributed by atoms with Crippen LogP contribution in [0, 0.1) is 0 Å². The van der Waals surface area contributed by atoms with Gasteiger partial charge < -0.3 is 0 Å². The monoisotopic (exact) mass is 769 g/mol. The van der Waals surface area contributed by atoms with Crippen molar-refractivity contribution < 1.29 is 0 Å². The van der Waals surface area contributed by atoms with Gasteiger partial charge in [-0.2, -0.15) is 0 Å². The Morgan fingerprint density at radius 1 is 0.237 bits per heavy atom. The van der Waals surface area contributed by atoms with Crippen LogP contribution in [0.3, 0.4) is 0 Å². The Morgan fingerprint density at radius 2 is 0.644 bits per heavy atom. The summed E-state index contributed by atoms with van der Waals surface area (Å²) in [4.78, 5) is 15.2. The van der Waals surface area contributed by atoms with Crippen LogP contribution < -0.4 is 0 Å². The zero-order valence-electron chi connectivity index (χ0n) is 32.0. The SMILES string of the molecule is c1ccc(-c2nc(-c3ccc(-c4ccc(-c5ccc(-c6cccc7c6sc6ccccc67)cc5)c5ccccc45)cc3)nc(-c3ccccc3-c3ccccc3)n2)cc1. The summed E-state index contributed by atoms with van der Waals surface area (Å²) in [5.74, 6) is 1.92. The van der Waals surface area contributed by atoms with Crippen LogP contribution in [0.25, 0.3) is 110 Å². The van der Waals surface area contributed by atoms with E-state index in [0.717, 1.165) is 33.4 Å². The van der Waals surface area contributed by atoms with Crippen molar-refractivity contribution in [2.75, 3.05) is 0 Å². The van der Waals surface area contributed by atoms with Gasteiger partial charge in [0.05, 0.1) is 0 Å². The third kappa shape index (κ3) is 6.37. The maximum Gasteiger partial charge on any atom is 0.164 e. The molecule has 0 saturated heterocycles. The van der Waals surface area contributed by atoms with Crippen LogP contribution in [-0.2, 0) is 0 Å². The summed E-state index contributed by atoms with van der Waals surface area (Å²) in [5, 5.41) is 5.08. The number of thiophene rings is 1. The lowest BCUT2D eigenvalue weighted by molar-refractivity contribution is 1.07. The number of hydrogen-bond donors (Lipinski definition) is 0. The van der Waals surface area contributed by atoms with E-state index >= 15 is 0 Å². The van der Waals surface area contributed by atoms with E-state index in [1.165, 1.54) is 58.8 Å². The van der Waals surface area contributed by atoms with Gasteiger partial charge in [0.15, 0.2) is 17.5 Å². The summed E-state index contributed by atoms with van der Waals surface area (Å²) in [6.07, 6.45) is 0. The van der Waals surface area contributed by atoms with Gasteiger partial charge in [-0.3, -0.25) is 0 Å². The van der Waals surface area contributed by atoms with Crippen molar-refractivity contribution in [3.63, 3.8) is 0 Å². The second-order valence-electron chi connectivity index (χ2n) is 14.7. The van der Waals surface area contributed by atoms with E-state index < -0.39 is 0 Å². The third-order valence-electron chi connectivity index (χ3n) is 11.2. The molecular weight excluding hydrogens is 735 g/mol. The zero-order valence-corrected chi connectivity index (χ0v) is 32.8. The van der Waals surface area contributed by atoms with Gasteiger partial charge in [0.1, 0.15) is 0 Å². The average molecular weight is 770 g/mol. The van der Waals surface area contributed by atoms with Gasteiger partial charge in [0, 0.05) is 36.9 Å². The fourth-order valence-electron chi connectivity index (χ4n) is 8.29. The summed E-state index contributed by atoms with van der Waals surface area (Å²) >= 11 is 1.87. The zero-order chi connectivity index (χ0) is 39.1. The third-order valence-corrected chi connectivity index (χ3v) is 12.4. The van der Waals surface area contributed by atoms with E-state index in [9.17, 15) is 0 Å². The molecule has 276 valence electrons.